The highest BCUT2D eigenvalue weighted by atomic mass is 32.1. The number of thiazole rings is 1. The number of hydrogen-bond donors (Lipinski definition) is 2. The van der Waals surface area contributed by atoms with Crippen molar-refractivity contribution in [3.63, 3.8) is 0 Å². The van der Waals surface area contributed by atoms with Crippen molar-refractivity contribution in [2.75, 3.05) is 5.32 Å². The van der Waals surface area contributed by atoms with Crippen LogP contribution in [0.5, 0.6) is 0 Å². The molecule has 1 heterocycles. The minimum atomic E-state index is -4.43. The van der Waals surface area contributed by atoms with Crippen LogP contribution in [0.25, 0.3) is 0 Å². The van der Waals surface area contributed by atoms with Crippen LogP contribution in [-0.2, 0) is 12.7 Å². The van der Waals surface area contributed by atoms with Crippen molar-refractivity contribution >= 4 is 34.2 Å². The fourth-order valence-electron chi connectivity index (χ4n) is 1.73. The Bertz CT molecular complexity index is 665. The highest BCUT2D eigenvalue weighted by Gasteiger charge is 2.31. The fourth-order valence-corrected chi connectivity index (χ4v) is 2.61. The second kappa shape index (κ2) is 5.98. The van der Waals surface area contributed by atoms with E-state index < -0.39 is 11.7 Å². The summed E-state index contributed by atoms with van der Waals surface area (Å²) in [6.45, 7) is 2.28. The lowest BCUT2D eigenvalue weighted by Gasteiger charge is -2.13. The molecule has 0 saturated carbocycles. The monoisotopic (exact) mass is 331 g/mol. The van der Waals surface area contributed by atoms with Gasteiger partial charge in [-0.25, -0.2) is 4.98 Å². The Balaban J connectivity index is 2.24. The van der Waals surface area contributed by atoms with E-state index in [-0.39, 0.29) is 10.6 Å². The minimum absolute atomic E-state index is 0.0843. The molecule has 3 N–H and O–H groups in total. The highest BCUT2D eigenvalue weighted by molar-refractivity contribution is 7.80. The van der Waals surface area contributed by atoms with Gasteiger partial charge in [0, 0.05) is 22.3 Å². The molecule has 0 spiro atoms. The van der Waals surface area contributed by atoms with Gasteiger partial charge < -0.3 is 11.1 Å². The summed E-state index contributed by atoms with van der Waals surface area (Å²) in [6, 6.07) is 3.28. The van der Waals surface area contributed by atoms with E-state index in [9.17, 15) is 13.2 Å². The average molecular weight is 331 g/mol. The predicted molar refractivity (Wildman–Crippen MR) is 81.5 cm³/mol. The Morgan fingerprint density at radius 1 is 1.43 bits per heavy atom. The van der Waals surface area contributed by atoms with Crippen molar-refractivity contribution < 1.29 is 13.2 Å². The molecule has 0 aliphatic rings. The topological polar surface area (TPSA) is 50.9 Å². The predicted octanol–water partition coefficient (Wildman–Crippen LogP) is 3.72. The van der Waals surface area contributed by atoms with Crippen molar-refractivity contribution in [3.05, 3.63) is 45.4 Å². The summed E-state index contributed by atoms with van der Waals surface area (Å²) in [6.07, 6.45) is -4.43. The number of hydrogen-bond acceptors (Lipinski definition) is 4. The zero-order chi connectivity index (χ0) is 15.6. The van der Waals surface area contributed by atoms with Crippen LogP contribution in [0.4, 0.5) is 18.9 Å². The summed E-state index contributed by atoms with van der Waals surface area (Å²) in [5.74, 6) is 0. The Kier molecular flexibility index (Phi) is 4.48. The third-order valence-corrected chi connectivity index (χ3v) is 3.90. The van der Waals surface area contributed by atoms with E-state index in [1.165, 1.54) is 17.4 Å². The Morgan fingerprint density at radius 2 is 2.14 bits per heavy atom. The number of nitrogens with one attached hydrogen (secondary N) is 1. The maximum absolute atomic E-state index is 12.7. The van der Waals surface area contributed by atoms with E-state index in [1.807, 2.05) is 12.3 Å². The SMILES string of the molecule is Cc1csc(CNc2ccc(C(F)(F)F)cc2C(N)=S)n1. The van der Waals surface area contributed by atoms with Crippen molar-refractivity contribution in [1.82, 2.24) is 4.98 Å². The van der Waals surface area contributed by atoms with E-state index in [4.69, 9.17) is 18.0 Å². The molecular weight excluding hydrogens is 319 g/mol. The van der Waals surface area contributed by atoms with Gasteiger partial charge in [-0.1, -0.05) is 12.2 Å². The molecule has 1 aromatic heterocycles. The lowest BCUT2D eigenvalue weighted by Crippen LogP contribution is -2.15. The lowest BCUT2D eigenvalue weighted by atomic mass is 10.1. The molecule has 2 rings (SSSR count). The summed E-state index contributed by atoms with van der Waals surface area (Å²) in [7, 11) is 0. The van der Waals surface area contributed by atoms with Crippen LogP contribution < -0.4 is 11.1 Å². The largest absolute Gasteiger partial charge is 0.416 e. The number of anilines is 1. The first-order chi connectivity index (χ1) is 9.77. The third kappa shape index (κ3) is 3.92. The van der Waals surface area contributed by atoms with Crippen LogP contribution >= 0.6 is 23.6 Å². The summed E-state index contributed by atoms with van der Waals surface area (Å²) in [5, 5.41) is 5.75. The van der Waals surface area contributed by atoms with Gasteiger partial charge in [0.15, 0.2) is 0 Å². The Morgan fingerprint density at radius 3 is 2.67 bits per heavy atom. The maximum Gasteiger partial charge on any atom is 0.416 e. The van der Waals surface area contributed by atoms with Crippen molar-refractivity contribution in [2.24, 2.45) is 5.73 Å². The molecule has 0 radical (unpaired) electrons. The average Bonchev–Trinajstić information content (AvgIpc) is 2.80. The molecule has 0 amide bonds. The van der Waals surface area contributed by atoms with Crippen molar-refractivity contribution in [2.45, 2.75) is 19.6 Å². The van der Waals surface area contributed by atoms with Crippen LogP contribution in [0.1, 0.15) is 21.8 Å². The minimum Gasteiger partial charge on any atom is -0.389 e. The number of nitrogens with zero attached hydrogens (tertiary/aromatic N) is 1. The molecule has 3 nitrogen and oxygen atoms in total. The van der Waals surface area contributed by atoms with E-state index in [0.29, 0.717) is 12.2 Å². The smallest absolute Gasteiger partial charge is 0.389 e. The molecular formula is C13H12F3N3S2. The number of aromatic nitrogens is 1. The van der Waals surface area contributed by atoms with Gasteiger partial charge in [-0.15, -0.1) is 11.3 Å². The molecule has 112 valence electrons. The van der Waals surface area contributed by atoms with Crippen molar-refractivity contribution in [3.8, 4) is 0 Å². The van der Waals surface area contributed by atoms with Gasteiger partial charge in [0.25, 0.3) is 0 Å². The summed E-state index contributed by atoms with van der Waals surface area (Å²) in [4.78, 5) is 4.18. The van der Waals surface area contributed by atoms with E-state index in [1.54, 1.807) is 0 Å². The zero-order valence-corrected chi connectivity index (χ0v) is 12.6. The van der Waals surface area contributed by atoms with Gasteiger partial charge in [0.05, 0.1) is 12.1 Å². The van der Waals surface area contributed by atoms with Crippen molar-refractivity contribution in [1.29, 1.82) is 0 Å². The van der Waals surface area contributed by atoms with Gasteiger partial charge in [-0.2, -0.15) is 13.2 Å². The van der Waals surface area contributed by atoms with Gasteiger partial charge in [0.2, 0.25) is 0 Å². The van der Waals surface area contributed by atoms with Crippen LogP contribution in [0.15, 0.2) is 23.6 Å². The van der Waals surface area contributed by atoms with Gasteiger partial charge in [-0.3, -0.25) is 0 Å². The maximum atomic E-state index is 12.7. The molecule has 1 aromatic carbocycles. The molecule has 0 saturated heterocycles. The molecule has 0 unspecified atom stereocenters. The van der Waals surface area contributed by atoms with Crippen LogP contribution in [0.3, 0.4) is 0 Å². The normalized spacial score (nSPS) is 11.4. The number of aryl methyl sites for hydroxylation is 1. The number of rotatable bonds is 4. The second-order valence-corrected chi connectivity index (χ2v) is 5.74. The number of nitrogens with two attached hydrogens (primary N) is 1. The quantitative estimate of drug-likeness (QED) is 0.839. The van der Waals surface area contributed by atoms with Gasteiger partial charge in [0.1, 0.15) is 10.00 Å². The van der Waals surface area contributed by atoms with E-state index in [2.05, 4.69) is 10.3 Å². The van der Waals surface area contributed by atoms with Gasteiger partial charge in [-0.05, 0) is 25.1 Å². The molecule has 2 aromatic rings. The molecule has 0 aliphatic heterocycles. The summed E-state index contributed by atoms with van der Waals surface area (Å²) < 4.78 is 38.1. The van der Waals surface area contributed by atoms with Crippen LogP contribution in [-0.4, -0.2) is 9.97 Å². The molecule has 21 heavy (non-hydrogen) atoms. The Hall–Kier alpha value is -1.67. The standard InChI is InChI=1S/C13H12F3N3S2/c1-7-6-21-11(19-7)5-18-10-3-2-8(13(14,15)16)4-9(10)12(17)20/h2-4,6,18H,5H2,1H3,(H2,17,20). The molecule has 0 fully saturated rings. The van der Waals surface area contributed by atoms with Crippen LogP contribution in [0, 0.1) is 6.92 Å². The molecule has 0 atom stereocenters. The number of halogens is 3. The third-order valence-electron chi connectivity index (χ3n) is 2.71. The number of alkyl halides is 3. The van der Waals surface area contributed by atoms with E-state index in [0.717, 1.165) is 22.8 Å². The number of benzene rings is 1. The Labute approximate surface area is 129 Å². The highest BCUT2D eigenvalue weighted by Crippen LogP contribution is 2.32. The van der Waals surface area contributed by atoms with Crippen LogP contribution in [0.2, 0.25) is 0 Å². The molecule has 8 heteroatoms. The fraction of sp³-hybridized carbons (Fsp3) is 0.231. The first-order valence-electron chi connectivity index (χ1n) is 5.93. The first-order valence-corrected chi connectivity index (χ1v) is 7.22. The molecule has 0 aliphatic carbocycles. The number of thiocarbonyl (C=S) groups is 1. The summed E-state index contributed by atoms with van der Waals surface area (Å²) >= 11 is 6.30. The van der Waals surface area contributed by atoms with Gasteiger partial charge >= 0.3 is 6.18 Å². The first kappa shape index (κ1) is 15.7. The lowest BCUT2D eigenvalue weighted by molar-refractivity contribution is -0.137. The summed E-state index contributed by atoms with van der Waals surface area (Å²) in [5.41, 5.74) is 6.27. The molecule has 0 bridgehead atoms. The zero-order valence-electron chi connectivity index (χ0n) is 11.0. The second-order valence-electron chi connectivity index (χ2n) is 4.36. The van der Waals surface area contributed by atoms with E-state index >= 15 is 0 Å².